The number of hydrogen-bond acceptors (Lipinski definition) is 7. The Hall–Kier alpha value is -3.17. The molecule has 224 valence electrons. The smallest absolute Gasteiger partial charge is 0.408 e. The van der Waals surface area contributed by atoms with Gasteiger partial charge < -0.3 is 25.0 Å². The van der Waals surface area contributed by atoms with Gasteiger partial charge in [-0.2, -0.15) is 0 Å². The normalized spacial score (nSPS) is 29.8. The molecule has 2 aromatic heterocycles. The minimum absolute atomic E-state index is 0.123. The topological polar surface area (TPSA) is 93.0 Å². The van der Waals surface area contributed by atoms with E-state index in [1.165, 1.54) is 11.3 Å². The van der Waals surface area contributed by atoms with Gasteiger partial charge in [-0.05, 0) is 77.0 Å². The number of pyridine rings is 1. The summed E-state index contributed by atoms with van der Waals surface area (Å²) in [5.74, 6) is 1.18. The number of amides is 1. The van der Waals surface area contributed by atoms with E-state index in [-0.39, 0.29) is 23.1 Å². The molecule has 5 heterocycles. The van der Waals surface area contributed by atoms with Crippen LogP contribution in [0.3, 0.4) is 0 Å². The Morgan fingerprint density at radius 3 is 2.67 bits per heavy atom. The van der Waals surface area contributed by atoms with Crippen LogP contribution in [0.5, 0.6) is 0 Å². The van der Waals surface area contributed by atoms with Crippen molar-refractivity contribution in [3.8, 4) is 0 Å². The van der Waals surface area contributed by atoms with Gasteiger partial charge in [0.2, 0.25) is 0 Å². The van der Waals surface area contributed by atoms with Gasteiger partial charge in [0.15, 0.2) is 11.5 Å². The minimum Gasteiger partial charge on any atom is -0.444 e. The van der Waals surface area contributed by atoms with Crippen LogP contribution in [0, 0.1) is 12.8 Å². The number of carbonyl (C=O) groups excluding carboxylic acids is 1. The average Bonchev–Trinajstić information content (AvgIpc) is 3.69. The number of anilines is 1. The molecule has 4 atom stereocenters. The van der Waals surface area contributed by atoms with Crippen molar-refractivity contribution in [1.29, 1.82) is 0 Å². The van der Waals surface area contributed by atoms with Gasteiger partial charge in [0.05, 0.1) is 24.0 Å². The van der Waals surface area contributed by atoms with Crippen LogP contribution >= 0.6 is 0 Å². The number of aryl methyl sites for hydroxylation is 1. The molecule has 3 saturated heterocycles. The fraction of sp³-hybridized carbons (Fsp3) is 0.606. The SMILES string of the molecule is Cc1cc(N2CC[C@](C)(c3ccccc3)C2)cn2nc(C34CC(CO3)C4NCC3(NC(=O)OC(C)(C)C)CCC3)nc12. The van der Waals surface area contributed by atoms with Gasteiger partial charge in [-0.1, -0.05) is 37.3 Å². The summed E-state index contributed by atoms with van der Waals surface area (Å²) in [6.07, 6.45) is 6.81. The van der Waals surface area contributed by atoms with E-state index in [0.717, 1.165) is 62.2 Å². The Kier molecular flexibility index (Phi) is 6.37. The average molecular weight is 573 g/mol. The molecule has 0 radical (unpaired) electrons. The standard InChI is InChI=1S/C33H44N6O3/c1-22-16-25(38-15-14-31(5,21-38)24-10-7-6-8-11-24)18-39-27(22)35-28(37-39)33-17-23(19-41-33)26(33)34-20-32(12-9-13-32)36-29(40)42-30(2,3)4/h6-8,10-11,16,18,23,26,34H,9,12-15,17,19-21H2,1-5H3,(H,36,40)/t23?,26?,31-,33?/m0/s1. The summed E-state index contributed by atoms with van der Waals surface area (Å²) < 4.78 is 13.9. The lowest BCUT2D eigenvalue weighted by molar-refractivity contribution is -0.0453. The number of carbonyl (C=O) groups is 1. The molecule has 9 heteroatoms. The second-order valence-corrected chi connectivity index (χ2v) is 14.5. The number of nitrogens with one attached hydrogen (secondary N) is 2. The second-order valence-electron chi connectivity index (χ2n) is 14.5. The maximum absolute atomic E-state index is 12.6. The van der Waals surface area contributed by atoms with E-state index in [4.69, 9.17) is 19.6 Å². The van der Waals surface area contributed by atoms with E-state index in [1.807, 2.05) is 25.3 Å². The Bertz CT molecular complexity index is 1490. The Morgan fingerprint density at radius 2 is 1.98 bits per heavy atom. The van der Waals surface area contributed by atoms with Crippen LogP contribution in [0.2, 0.25) is 0 Å². The fourth-order valence-electron chi connectivity index (χ4n) is 7.56. The number of hydrogen-bond donors (Lipinski definition) is 2. The van der Waals surface area contributed by atoms with E-state index in [9.17, 15) is 4.79 Å². The van der Waals surface area contributed by atoms with Crippen LogP contribution in [0.1, 0.15) is 76.8 Å². The number of aromatic nitrogens is 3. The molecule has 8 rings (SSSR count). The lowest BCUT2D eigenvalue weighted by Gasteiger charge is -2.48. The highest BCUT2D eigenvalue weighted by atomic mass is 16.6. The van der Waals surface area contributed by atoms with E-state index in [0.29, 0.717) is 19.1 Å². The molecule has 2 aliphatic carbocycles. The van der Waals surface area contributed by atoms with E-state index >= 15 is 0 Å². The number of alkyl carbamates (subject to hydrolysis) is 1. The predicted octanol–water partition coefficient (Wildman–Crippen LogP) is 4.86. The molecular weight excluding hydrogens is 528 g/mol. The molecule has 3 aromatic rings. The maximum atomic E-state index is 12.6. The summed E-state index contributed by atoms with van der Waals surface area (Å²) in [7, 11) is 0. The lowest BCUT2D eigenvalue weighted by atomic mass is 9.68. The van der Waals surface area contributed by atoms with Gasteiger partial charge in [0.1, 0.15) is 11.2 Å². The Morgan fingerprint density at radius 1 is 1.19 bits per heavy atom. The van der Waals surface area contributed by atoms with Crippen molar-refractivity contribution in [1.82, 2.24) is 25.2 Å². The quantitative estimate of drug-likeness (QED) is 0.418. The molecule has 9 nitrogen and oxygen atoms in total. The molecule has 42 heavy (non-hydrogen) atoms. The minimum atomic E-state index is -0.528. The third kappa shape index (κ3) is 4.65. The molecule has 5 fully saturated rings. The van der Waals surface area contributed by atoms with Crippen LogP contribution in [-0.2, 0) is 20.5 Å². The zero-order valence-electron chi connectivity index (χ0n) is 25.6. The summed E-state index contributed by atoms with van der Waals surface area (Å²) in [6, 6.07) is 13.2. The van der Waals surface area contributed by atoms with Crippen LogP contribution in [0.15, 0.2) is 42.6 Å². The van der Waals surface area contributed by atoms with Crippen molar-refractivity contribution in [2.45, 2.75) is 94.9 Å². The Balaban J connectivity index is 1.08. The first-order valence-electron chi connectivity index (χ1n) is 15.5. The molecule has 1 aromatic carbocycles. The van der Waals surface area contributed by atoms with Crippen molar-refractivity contribution in [3.05, 3.63) is 59.5 Å². The van der Waals surface area contributed by atoms with E-state index in [1.54, 1.807) is 0 Å². The third-order valence-corrected chi connectivity index (χ3v) is 10.1. The molecule has 5 aliphatic rings. The number of ether oxygens (including phenoxy) is 2. The van der Waals surface area contributed by atoms with Crippen molar-refractivity contribution in [2.75, 3.05) is 31.1 Å². The van der Waals surface area contributed by atoms with Gasteiger partial charge in [0.25, 0.3) is 0 Å². The molecule has 2 N–H and O–H groups in total. The first kappa shape index (κ1) is 27.7. The zero-order chi connectivity index (χ0) is 29.3. The molecular formula is C33H44N6O3. The highest BCUT2D eigenvalue weighted by Gasteiger charge is 2.64. The number of rotatable bonds is 7. The van der Waals surface area contributed by atoms with Crippen molar-refractivity contribution in [2.24, 2.45) is 5.92 Å². The van der Waals surface area contributed by atoms with Gasteiger partial charge in [-0.3, -0.25) is 0 Å². The lowest BCUT2D eigenvalue weighted by Crippen LogP contribution is -2.65. The first-order valence-corrected chi connectivity index (χ1v) is 15.5. The van der Waals surface area contributed by atoms with Gasteiger partial charge in [0, 0.05) is 37.0 Å². The second kappa shape index (κ2) is 9.67. The highest BCUT2D eigenvalue weighted by molar-refractivity contribution is 5.69. The number of fused-ring (bicyclic) bond motifs is 2. The highest BCUT2D eigenvalue weighted by Crippen LogP contribution is 2.54. The summed E-state index contributed by atoms with van der Waals surface area (Å²) >= 11 is 0. The first-order chi connectivity index (χ1) is 20.0. The molecule has 2 saturated carbocycles. The molecule has 1 amide bonds. The third-order valence-electron chi connectivity index (χ3n) is 10.1. The van der Waals surface area contributed by atoms with Crippen LogP contribution < -0.4 is 15.5 Å². The Labute approximate surface area is 248 Å². The molecule has 0 spiro atoms. The van der Waals surface area contributed by atoms with Crippen LogP contribution in [-0.4, -0.2) is 64.1 Å². The maximum Gasteiger partial charge on any atom is 0.408 e. The summed E-state index contributed by atoms with van der Waals surface area (Å²) in [4.78, 5) is 20.1. The molecule has 3 unspecified atom stereocenters. The summed E-state index contributed by atoms with van der Waals surface area (Å²) in [5.41, 5.74) is 3.38. The summed E-state index contributed by atoms with van der Waals surface area (Å²) in [6.45, 7) is 13.6. The monoisotopic (exact) mass is 572 g/mol. The van der Waals surface area contributed by atoms with Crippen molar-refractivity contribution < 1.29 is 14.3 Å². The molecule has 3 aliphatic heterocycles. The fourth-order valence-corrected chi connectivity index (χ4v) is 7.56. The van der Waals surface area contributed by atoms with Crippen molar-refractivity contribution >= 4 is 17.4 Å². The largest absolute Gasteiger partial charge is 0.444 e. The van der Waals surface area contributed by atoms with E-state index < -0.39 is 11.2 Å². The predicted molar refractivity (Wildman–Crippen MR) is 162 cm³/mol. The van der Waals surface area contributed by atoms with Gasteiger partial charge >= 0.3 is 6.09 Å². The number of nitrogens with zero attached hydrogens (tertiary/aromatic N) is 4. The van der Waals surface area contributed by atoms with Crippen molar-refractivity contribution in [3.63, 3.8) is 0 Å². The summed E-state index contributed by atoms with van der Waals surface area (Å²) in [5, 5.41) is 12.0. The van der Waals surface area contributed by atoms with Gasteiger partial charge in [-0.15, -0.1) is 5.10 Å². The zero-order valence-corrected chi connectivity index (χ0v) is 25.6. The van der Waals surface area contributed by atoms with Crippen LogP contribution in [0.4, 0.5) is 10.5 Å². The van der Waals surface area contributed by atoms with Gasteiger partial charge in [-0.25, -0.2) is 14.3 Å². The number of benzene rings is 1. The van der Waals surface area contributed by atoms with Crippen LogP contribution in [0.25, 0.3) is 5.65 Å². The van der Waals surface area contributed by atoms with E-state index in [2.05, 4.69) is 72.0 Å². The molecule has 2 bridgehead atoms.